The van der Waals surface area contributed by atoms with Crippen LogP contribution in [0, 0.1) is 5.92 Å². The first-order valence-electron chi connectivity index (χ1n) is 6.99. The molecule has 0 saturated carbocycles. The minimum absolute atomic E-state index is 0.412. The number of amides is 1. The number of aromatic nitrogens is 1. The number of methoxy groups -OCH3 is 1. The summed E-state index contributed by atoms with van der Waals surface area (Å²) in [5, 5.41) is 5.85. The van der Waals surface area contributed by atoms with Gasteiger partial charge in [0, 0.05) is 13.7 Å². The summed E-state index contributed by atoms with van der Waals surface area (Å²) < 4.78 is 10.2. The number of hydrogen-bond donors (Lipinski definition) is 2. The van der Waals surface area contributed by atoms with E-state index in [0.29, 0.717) is 18.3 Å². The van der Waals surface area contributed by atoms with E-state index in [0.717, 1.165) is 12.2 Å². The third kappa shape index (κ3) is 7.51. The van der Waals surface area contributed by atoms with E-state index in [9.17, 15) is 4.79 Å². The Kier molecular flexibility index (Phi) is 6.42. The number of hydrogen-bond acceptors (Lipinski definition) is 5. The second-order valence-corrected chi connectivity index (χ2v) is 6.00. The molecule has 0 aliphatic rings. The molecule has 1 atom stereocenters. The molecule has 6 nitrogen and oxygen atoms in total. The van der Waals surface area contributed by atoms with Crippen LogP contribution >= 0.6 is 0 Å². The molecule has 0 aliphatic carbocycles. The molecule has 1 unspecified atom stereocenters. The van der Waals surface area contributed by atoms with Gasteiger partial charge in [0.15, 0.2) is 0 Å². The van der Waals surface area contributed by atoms with Gasteiger partial charge in [-0.25, -0.2) is 9.78 Å². The summed E-state index contributed by atoms with van der Waals surface area (Å²) in [6, 6.07) is 3.59. The molecule has 118 valence electrons. The van der Waals surface area contributed by atoms with Gasteiger partial charge >= 0.3 is 6.09 Å². The minimum Gasteiger partial charge on any atom is -0.444 e. The SMILES string of the molecule is COCC(C)CNc1ccc(NC(=O)OC(C)(C)C)nc1. The third-order valence-electron chi connectivity index (χ3n) is 2.50. The van der Waals surface area contributed by atoms with Gasteiger partial charge in [0.05, 0.1) is 18.5 Å². The molecule has 2 N–H and O–H groups in total. The maximum atomic E-state index is 11.6. The molecular weight excluding hydrogens is 270 g/mol. The number of carbonyl (C=O) groups is 1. The fourth-order valence-electron chi connectivity index (χ4n) is 1.62. The highest BCUT2D eigenvalue weighted by atomic mass is 16.6. The van der Waals surface area contributed by atoms with Crippen LogP contribution in [0.4, 0.5) is 16.3 Å². The molecule has 0 aromatic carbocycles. The van der Waals surface area contributed by atoms with Crippen LogP contribution in [0.3, 0.4) is 0 Å². The van der Waals surface area contributed by atoms with E-state index in [2.05, 4.69) is 22.5 Å². The summed E-state index contributed by atoms with van der Waals surface area (Å²) in [4.78, 5) is 15.8. The van der Waals surface area contributed by atoms with Crippen molar-refractivity contribution in [2.75, 3.05) is 30.9 Å². The van der Waals surface area contributed by atoms with Crippen molar-refractivity contribution in [2.45, 2.75) is 33.3 Å². The molecule has 1 heterocycles. The molecule has 0 saturated heterocycles. The topological polar surface area (TPSA) is 72.5 Å². The normalized spacial score (nSPS) is 12.6. The van der Waals surface area contributed by atoms with E-state index in [1.54, 1.807) is 19.4 Å². The fourth-order valence-corrected chi connectivity index (χ4v) is 1.62. The number of nitrogens with zero attached hydrogens (tertiary/aromatic N) is 1. The zero-order chi connectivity index (χ0) is 15.9. The largest absolute Gasteiger partial charge is 0.444 e. The van der Waals surface area contributed by atoms with Crippen molar-refractivity contribution in [1.82, 2.24) is 4.98 Å². The average molecular weight is 295 g/mol. The predicted molar refractivity (Wildman–Crippen MR) is 83.6 cm³/mol. The molecule has 1 rings (SSSR count). The van der Waals surface area contributed by atoms with Crippen LogP contribution < -0.4 is 10.6 Å². The monoisotopic (exact) mass is 295 g/mol. The molecular formula is C15H25N3O3. The Labute approximate surface area is 126 Å². The maximum absolute atomic E-state index is 11.6. The quantitative estimate of drug-likeness (QED) is 0.843. The molecule has 1 aromatic rings. The summed E-state index contributed by atoms with van der Waals surface area (Å²) in [6.07, 6.45) is 1.16. The molecule has 0 fully saturated rings. The van der Waals surface area contributed by atoms with E-state index in [1.165, 1.54) is 0 Å². The number of rotatable bonds is 6. The number of ether oxygens (including phenoxy) is 2. The van der Waals surface area contributed by atoms with Crippen molar-refractivity contribution in [3.05, 3.63) is 18.3 Å². The van der Waals surface area contributed by atoms with Crippen LogP contribution in [-0.4, -0.2) is 36.9 Å². The van der Waals surface area contributed by atoms with E-state index in [-0.39, 0.29) is 0 Å². The van der Waals surface area contributed by atoms with Crippen LogP contribution in [0.2, 0.25) is 0 Å². The lowest BCUT2D eigenvalue weighted by Gasteiger charge is -2.19. The summed E-state index contributed by atoms with van der Waals surface area (Å²) in [5.74, 6) is 0.870. The van der Waals surface area contributed by atoms with Gasteiger partial charge in [0.2, 0.25) is 0 Å². The van der Waals surface area contributed by atoms with E-state index < -0.39 is 11.7 Å². The second-order valence-electron chi connectivity index (χ2n) is 6.00. The molecule has 0 aliphatic heterocycles. The summed E-state index contributed by atoms with van der Waals surface area (Å²) in [6.45, 7) is 9.05. The number of pyridine rings is 1. The van der Waals surface area contributed by atoms with Gasteiger partial charge in [0.25, 0.3) is 0 Å². The standard InChI is InChI=1S/C15H25N3O3/c1-11(10-20-5)8-16-12-6-7-13(17-9-12)18-14(19)21-15(2,3)4/h6-7,9,11,16H,8,10H2,1-5H3,(H,17,18,19). The zero-order valence-corrected chi connectivity index (χ0v) is 13.4. The third-order valence-corrected chi connectivity index (χ3v) is 2.50. The first-order valence-corrected chi connectivity index (χ1v) is 6.99. The van der Waals surface area contributed by atoms with E-state index >= 15 is 0 Å². The van der Waals surface area contributed by atoms with Crippen LogP contribution in [0.1, 0.15) is 27.7 Å². The lowest BCUT2D eigenvalue weighted by atomic mass is 10.2. The van der Waals surface area contributed by atoms with Gasteiger partial charge in [0.1, 0.15) is 11.4 Å². The van der Waals surface area contributed by atoms with E-state index in [4.69, 9.17) is 9.47 Å². The van der Waals surface area contributed by atoms with Crippen molar-refractivity contribution >= 4 is 17.6 Å². The van der Waals surface area contributed by atoms with Crippen LogP contribution in [0.15, 0.2) is 18.3 Å². The van der Waals surface area contributed by atoms with Gasteiger partial charge in [-0.05, 0) is 38.8 Å². The number of anilines is 2. The molecule has 1 aromatic heterocycles. The van der Waals surface area contributed by atoms with Crippen LogP contribution in [0.25, 0.3) is 0 Å². The van der Waals surface area contributed by atoms with Gasteiger partial charge in [-0.2, -0.15) is 0 Å². The summed E-state index contributed by atoms with van der Waals surface area (Å²) >= 11 is 0. The van der Waals surface area contributed by atoms with Gasteiger partial charge in [-0.1, -0.05) is 6.92 Å². The Hall–Kier alpha value is -1.82. The summed E-state index contributed by atoms with van der Waals surface area (Å²) in [7, 11) is 1.69. The van der Waals surface area contributed by atoms with Crippen molar-refractivity contribution < 1.29 is 14.3 Å². The first kappa shape index (κ1) is 17.2. The Balaban J connectivity index is 2.45. The van der Waals surface area contributed by atoms with Gasteiger partial charge in [-0.3, -0.25) is 5.32 Å². The molecule has 1 amide bonds. The maximum Gasteiger partial charge on any atom is 0.413 e. The van der Waals surface area contributed by atoms with Crippen LogP contribution in [-0.2, 0) is 9.47 Å². The van der Waals surface area contributed by atoms with Crippen molar-refractivity contribution in [1.29, 1.82) is 0 Å². The highest BCUT2D eigenvalue weighted by Gasteiger charge is 2.16. The Morgan fingerprint density at radius 1 is 1.38 bits per heavy atom. The highest BCUT2D eigenvalue weighted by Crippen LogP contribution is 2.13. The Bertz CT molecular complexity index is 440. The Morgan fingerprint density at radius 3 is 2.62 bits per heavy atom. The van der Waals surface area contributed by atoms with Crippen molar-refractivity contribution in [3.63, 3.8) is 0 Å². The number of carbonyl (C=O) groups excluding carboxylic acids is 1. The second kappa shape index (κ2) is 7.83. The Morgan fingerprint density at radius 2 is 2.10 bits per heavy atom. The minimum atomic E-state index is -0.525. The van der Waals surface area contributed by atoms with Gasteiger partial charge < -0.3 is 14.8 Å². The van der Waals surface area contributed by atoms with Crippen LogP contribution in [0.5, 0.6) is 0 Å². The molecule has 0 spiro atoms. The highest BCUT2D eigenvalue weighted by molar-refractivity contribution is 5.83. The number of nitrogens with one attached hydrogen (secondary N) is 2. The fraction of sp³-hybridized carbons (Fsp3) is 0.600. The predicted octanol–water partition coefficient (Wildman–Crippen LogP) is 3.12. The zero-order valence-electron chi connectivity index (χ0n) is 13.4. The average Bonchev–Trinajstić information content (AvgIpc) is 2.36. The smallest absolute Gasteiger partial charge is 0.413 e. The lowest BCUT2D eigenvalue weighted by molar-refractivity contribution is 0.0635. The van der Waals surface area contributed by atoms with E-state index in [1.807, 2.05) is 26.8 Å². The molecule has 0 radical (unpaired) electrons. The molecule has 0 bridgehead atoms. The van der Waals surface area contributed by atoms with Crippen molar-refractivity contribution in [3.8, 4) is 0 Å². The van der Waals surface area contributed by atoms with Crippen molar-refractivity contribution in [2.24, 2.45) is 5.92 Å². The molecule has 6 heteroatoms. The first-order chi connectivity index (χ1) is 9.80. The lowest BCUT2D eigenvalue weighted by Crippen LogP contribution is -2.27. The summed E-state index contributed by atoms with van der Waals surface area (Å²) in [5.41, 5.74) is 0.371. The van der Waals surface area contributed by atoms with Gasteiger partial charge in [-0.15, -0.1) is 0 Å². The molecule has 21 heavy (non-hydrogen) atoms.